The summed E-state index contributed by atoms with van der Waals surface area (Å²) in [5.74, 6) is 0. The maximum absolute atomic E-state index is 6.17. The number of ether oxygens (including phenoxy) is 1. The fraction of sp³-hybridized carbons (Fsp3) is 0.368. The molecule has 2 heteroatoms. The summed E-state index contributed by atoms with van der Waals surface area (Å²) < 4.78 is 6.17. The molecule has 1 aliphatic heterocycles. The molecule has 21 heavy (non-hydrogen) atoms. The van der Waals surface area contributed by atoms with Gasteiger partial charge in [0.2, 0.25) is 0 Å². The SMILES string of the molecule is C=Cc1ccc2ccccc2c1C1CC([SiH](C)C)CCO1. The van der Waals surface area contributed by atoms with E-state index in [1.807, 2.05) is 6.08 Å². The van der Waals surface area contributed by atoms with Crippen LogP contribution >= 0.6 is 0 Å². The molecular formula is C19H24OSi. The summed E-state index contributed by atoms with van der Waals surface area (Å²) in [7, 11) is -0.606. The van der Waals surface area contributed by atoms with Crippen molar-refractivity contribution in [2.45, 2.75) is 37.6 Å². The van der Waals surface area contributed by atoms with Crippen LogP contribution in [0.5, 0.6) is 0 Å². The van der Waals surface area contributed by atoms with Gasteiger partial charge in [0.05, 0.1) is 6.10 Å². The van der Waals surface area contributed by atoms with E-state index in [-0.39, 0.29) is 6.10 Å². The molecule has 0 aromatic heterocycles. The van der Waals surface area contributed by atoms with E-state index in [9.17, 15) is 0 Å². The Morgan fingerprint density at radius 2 is 2.00 bits per heavy atom. The van der Waals surface area contributed by atoms with E-state index in [1.165, 1.54) is 34.7 Å². The Hall–Kier alpha value is -1.38. The van der Waals surface area contributed by atoms with E-state index < -0.39 is 8.80 Å². The molecule has 110 valence electrons. The maximum Gasteiger partial charge on any atom is 0.0836 e. The van der Waals surface area contributed by atoms with E-state index >= 15 is 0 Å². The molecule has 0 spiro atoms. The zero-order valence-electron chi connectivity index (χ0n) is 13.0. The molecule has 1 nitrogen and oxygen atoms in total. The van der Waals surface area contributed by atoms with Crippen molar-refractivity contribution in [2.75, 3.05) is 6.61 Å². The number of hydrogen-bond donors (Lipinski definition) is 0. The molecule has 0 amide bonds. The van der Waals surface area contributed by atoms with Crippen molar-refractivity contribution in [1.82, 2.24) is 0 Å². The van der Waals surface area contributed by atoms with E-state index in [0.29, 0.717) is 0 Å². The highest BCUT2D eigenvalue weighted by atomic mass is 28.3. The molecule has 2 atom stereocenters. The smallest absolute Gasteiger partial charge is 0.0836 e. The van der Waals surface area contributed by atoms with Crippen LogP contribution in [0.3, 0.4) is 0 Å². The molecule has 1 fully saturated rings. The first-order valence-corrected chi connectivity index (χ1v) is 10.9. The minimum Gasteiger partial charge on any atom is -0.373 e. The van der Waals surface area contributed by atoms with Crippen LogP contribution < -0.4 is 0 Å². The Kier molecular flexibility index (Phi) is 4.27. The van der Waals surface area contributed by atoms with Gasteiger partial charge in [-0.2, -0.15) is 0 Å². The first kappa shape index (κ1) is 14.5. The second kappa shape index (κ2) is 6.16. The fourth-order valence-electron chi connectivity index (χ4n) is 3.48. The summed E-state index contributed by atoms with van der Waals surface area (Å²) in [5.41, 5.74) is 3.47. The van der Waals surface area contributed by atoms with Gasteiger partial charge >= 0.3 is 0 Å². The van der Waals surface area contributed by atoms with Gasteiger partial charge in [-0.1, -0.05) is 62.1 Å². The third-order valence-corrected chi connectivity index (χ3v) is 7.30. The summed E-state index contributed by atoms with van der Waals surface area (Å²) in [6.07, 6.45) is 4.63. The summed E-state index contributed by atoms with van der Waals surface area (Å²) in [5, 5.41) is 2.62. The van der Waals surface area contributed by atoms with Crippen molar-refractivity contribution in [1.29, 1.82) is 0 Å². The van der Waals surface area contributed by atoms with Gasteiger partial charge in [-0.3, -0.25) is 0 Å². The summed E-state index contributed by atoms with van der Waals surface area (Å²) in [6.45, 7) is 9.83. The number of hydrogen-bond acceptors (Lipinski definition) is 1. The Morgan fingerprint density at radius 1 is 1.19 bits per heavy atom. The zero-order chi connectivity index (χ0) is 14.8. The lowest BCUT2D eigenvalue weighted by molar-refractivity contribution is 0.0154. The van der Waals surface area contributed by atoms with Crippen molar-refractivity contribution < 1.29 is 4.74 Å². The van der Waals surface area contributed by atoms with Gasteiger partial charge in [0, 0.05) is 15.4 Å². The molecular weight excluding hydrogens is 272 g/mol. The van der Waals surface area contributed by atoms with Gasteiger partial charge in [-0.15, -0.1) is 0 Å². The molecule has 1 aliphatic rings. The maximum atomic E-state index is 6.17. The van der Waals surface area contributed by atoms with Crippen molar-refractivity contribution in [3.63, 3.8) is 0 Å². The Balaban J connectivity index is 2.07. The number of benzene rings is 2. The van der Waals surface area contributed by atoms with E-state index in [2.05, 4.69) is 56.1 Å². The largest absolute Gasteiger partial charge is 0.373 e. The minimum absolute atomic E-state index is 0.234. The normalized spacial score (nSPS) is 22.6. The van der Waals surface area contributed by atoms with Crippen LogP contribution in [0.4, 0.5) is 0 Å². The van der Waals surface area contributed by atoms with Crippen molar-refractivity contribution in [2.24, 2.45) is 0 Å². The van der Waals surface area contributed by atoms with E-state index in [0.717, 1.165) is 12.1 Å². The molecule has 0 N–H and O–H groups in total. The molecule has 0 bridgehead atoms. The average molecular weight is 296 g/mol. The van der Waals surface area contributed by atoms with Crippen LogP contribution in [-0.4, -0.2) is 15.4 Å². The van der Waals surface area contributed by atoms with Gasteiger partial charge in [-0.25, -0.2) is 0 Å². The van der Waals surface area contributed by atoms with Gasteiger partial charge in [0.15, 0.2) is 0 Å². The first-order chi connectivity index (χ1) is 10.2. The summed E-state index contributed by atoms with van der Waals surface area (Å²) >= 11 is 0. The molecule has 1 heterocycles. The second-order valence-electron chi connectivity index (χ2n) is 6.38. The molecule has 2 aromatic carbocycles. The Morgan fingerprint density at radius 3 is 2.76 bits per heavy atom. The van der Waals surface area contributed by atoms with Crippen LogP contribution in [0.15, 0.2) is 43.0 Å². The van der Waals surface area contributed by atoms with Crippen LogP contribution in [0.2, 0.25) is 18.6 Å². The molecule has 0 saturated carbocycles. The lowest BCUT2D eigenvalue weighted by Gasteiger charge is -2.33. The highest BCUT2D eigenvalue weighted by Gasteiger charge is 2.28. The number of rotatable bonds is 3. The summed E-state index contributed by atoms with van der Waals surface area (Å²) in [6, 6.07) is 13.0. The first-order valence-electron chi connectivity index (χ1n) is 7.96. The van der Waals surface area contributed by atoms with Crippen LogP contribution in [0.1, 0.15) is 30.1 Å². The molecule has 0 radical (unpaired) electrons. The second-order valence-corrected chi connectivity index (χ2v) is 9.81. The van der Waals surface area contributed by atoms with Crippen LogP contribution in [0, 0.1) is 0 Å². The lowest BCUT2D eigenvalue weighted by Crippen LogP contribution is -2.24. The standard InChI is InChI=1S/C19H24OSi/c1-4-14-9-10-15-7-5-6-8-17(15)19(14)18-13-16(21(2)3)11-12-20-18/h4-10,16,18,21H,1,11-13H2,2-3H3. The third-order valence-electron chi connectivity index (χ3n) is 4.81. The molecule has 3 rings (SSSR count). The fourth-order valence-corrected chi connectivity index (χ4v) is 5.07. The number of fused-ring (bicyclic) bond motifs is 1. The zero-order valence-corrected chi connectivity index (χ0v) is 14.2. The molecule has 0 aliphatic carbocycles. The highest BCUT2D eigenvalue weighted by Crippen LogP contribution is 2.40. The van der Waals surface area contributed by atoms with Gasteiger partial charge < -0.3 is 4.74 Å². The third kappa shape index (κ3) is 2.83. The van der Waals surface area contributed by atoms with Crippen molar-refractivity contribution >= 4 is 25.6 Å². The molecule has 2 unspecified atom stereocenters. The van der Waals surface area contributed by atoms with Gasteiger partial charge in [0.1, 0.15) is 0 Å². The Bertz CT molecular complexity index is 647. The van der Waals surface area contributed by atoms with Crippen molar-refractivity contribution in [3.05, 3.63) is 54.1 Å². The lowest BCUT2D eigenvalue weighted by atomic mass is 9.91. The predicted molar refractivity (Wildman–Crippen MR) is 94.6 cm³/mol. The van der Waals surface area contributed by atoms with Gasteiger partial charge in [-0.05, 0) is 40.3 Å². The topological polar surface area (TPSA) is 9.23 Å². The van der Waals surface area contributed by atoms with Crippen LogP contribution in [-0.2, 0) is 4.74 Å². The van der Waals surface area contributed by atoms with Gasteiger partial charge in [0.25, 0.3) is 0 Å². The predicted octanol–water partition coefficient (Wildman–Crippen LogP) is 5.19. The van der Waals surface area contributed by atoms with Crippen LogP contribution in [0.25, 0.3) is 16.8 Å². The molecule has 2 aromatic rings. The van der Waals surface area contributed by atoms with E-state index in [1.54, 1.807) is 0 Å². The minimum atomic E-state index is -0.606. The monoisotopic (exact) mass is 296 g/mol. The molecule has 1 saturated heterocycles. The van der Waals surface area contributed by atoms with E-state index in [4.69, 9.17) is 4.74 Å². The average Bonchev–Trinajstić information content (AvgIpc) is 2.53. The highest BCUT2D eigenvalue weighted by molar-refractivity contribution is 6.57. The summed E-state index contributed by atoms with van der Waals surface area (Å²) in [4.78, 5) is 0. The van der Waals surface area contributed by atoms with Crippen molar-refractivity contribution in [3.8, 4) is 0 Å². The quantitative estimate of drug-likeness (QED) is 0.708. The Labute approximate surface area is 129 Å².